The van der Waals surface area contributed by atoms with E-state index in [-0.39, 0.29) is 18.4 Å². The summed E-state index contributed by atoms with van der Waals surface area (Å²) in [4.78, 5) is 35.4. The zero-order valence-electron chi connectivity index (χ0n) is 15.4. The van der Waals surface area contributed by atoms with Crippen molar-refractivity contribution in [2.45, 2.75) is 66.8 Å². The van der Waals surface area contributed by atoms with Crippen molar-refractivity contribution >= 4 is 17.7 Å². The van der Waals surface area contributed by atoms with Gasteiger partial charge in [-0.05, 0) is 66.5 Å². The minimum absolute atomic E-state index is 0.180. The summed E-state index contributed by atoms with van der Waals surface area (Å²) in [6.07, 6.45) is 2.13. The van der Waals surface area contributed by atoms with E-state index in [1.54, 1.807) is 41.5 Å². The predicted octanol–water partition coefficient (Wildman–Crippen LogP) is 2.80. The Morgan fingerprint density at radius 3 is 2.21 bits per heavy atom. The van der Waals surface area contributed by atoms with Gasteiger partial charge in [0, 0.05) is 0 Å². The topological polar surface area (TPSA) is 78.9 Å². The lowest BCUT2D eigenvalue weighted by molar-refractivity contribution is -0.190. The van der Waals surface area contributed by atoms with Crippen LogP contribution in [0.1, 0.15) is 54.4 Å². The first-order chi connectivity index (χ1) is 10.9. The van der Waals surface area contributed by atoms with Crippen molar-refractivity contribution in [2.75, 3.05) is 6.61 Å². The van der Waals surface area contributed by atoms with E-state index in [2.05, 4.69) is 0 Å². The highest BCUT2D eigenvalue weighted by Gasteiger charge is 2.31. The lowest BCUT2D eigenvalue weighted by Crippen LogP contribution is -2.37. The van der Waals surface area contributed by atoms with Crippen LogP contribution in [0.2, 0.25) is 0 Å². The summed E-state index contributed by atoms with van der Waals surface area (Å²) in [5.41, 5.74) is -1.19. The molecule has 6 nitrogen and oxygen atoms in total. The van der Waals surface area contributed by atoms with Crippen LogP contribution >= 0.6 is 0 Å². The number of ether oxygens (including phenoxy) is 3. The van der Waals surface area contributed by atoms with Crippen molar-refractivity contribution < 1.29 is 28.6 Å². The lowest BCUT2D eigenvalue weighted by Gasteiger charge is -2.27. The average molecular weight is 340 g/mol. The van der Waals surface area contributed by atoms with Crippen molar-refractivity contribution in [3.05, 3.63) is 12.2 Å². The molecule has 0 bridgehead atoms. The second-order valence-corrected chi connectivity index (χ2v) is 7.94. The van der Waals surface area contributed by atoms with Crippen LogP contribution in [0.15, 0.2) is 12.2 Å². The lowest BCUT2D eigenvalue weighted by atomic mass is 9.97. The molecule has 0 unspecified atom stereocenters. The van der Waals surface area contributed by atoms with Gasteiger partial charge in [-0.15, -0.1) is 0 Å². The van der Waals surface area contributed by atoms with Crippen molar-refractivity contribution in [3.63, 3.8) is 0 Å². The molecule has 0 aromatic heterocycles. The van der Waals surface area contributed by atoms with Crippen LogP contribution in [0.25, 0.3) is 0 Å². The van der Waals surface area contributed by atoms with E-state index in [1.165, 1.54) is 12.2 Å². The summed E-state index contributed by atoms with van der Waals surface area (Å²) in [6, 6.07) is 0. The second kappa shape index (κ2) is 7.92. The molecule has 1 rings (SSSR count). The molecule has 6 heteroatoms. The molecule has 1 aliphatic heterocycles. The van der Waals surface area contributed by atoms with Gasteiger partial charge in [0.2, 0.25) is 6.29 Å². The van der Waals surface area contributed by atoms with Crippen molar-refractivity contribution in [1.82, 2.24) is 0 Å². The third-order valence-corrected chi connectivity index (χ3v) is 3.33. The monoisotopic (exact) mass is 340 g/mol. The van der Waals surface area contributed by atoms with Crippen LogP contribution in [-0.2, 0) is 28.6 Å². The maximum absolute atomic E-state index is 11.9. The van der Waals surface area contributed by atoms with Gasteiger partial charge in [-0.1, -0.05) is 0 Å². The van der Waals surface area contributed by atoms with E-state index >= 15 is 0 Å². The number of esters is 2. The Morgan fingerprint density at radius 1 is 1.08 bits per heavy atom. The standard InChI is InChI=1S/C18H28O6/c1-17(2,3)15(20)22-11-7-8-13-12(19)9-10-14(23-13)24-16(21)18(4,5)6/h9-10,13-14H,7-8,11H2,1-6H3/t13-,14-/m0/s1. The number of rotatable bonds is 5. The highest BCUT2D eigenvalue weighted by Crippen LogP contribution is 2.21. The van der Waals surface area contributed by atoms with E-state index in [0.717, 1.165) is 0 Å². The second-order valence-electron chi connectivity index (χ2n) is 7.94. The van der Waals surface area contributed by atoms with Gasteiger partial charge in [0.1, 0.15) is 6.10 Å². The fourth-order valence-electron chi connectivity index (χ4n) is 1.76. The Morgan fingerprint density at radius 2 is 1.67 bits per heavy atom. The third kappa shape index (κ3) is 6.43. The van der Waals surface area contributed by atoms with Gasteiger partial charge in [0.15, 0.2) is 5.78 Å². The summed E-state index contributed by atoms with van der Waals surface area (Å²) in [5.74, 6) is -0.861. The molecule has 0 saturated carbocycles. The summed E-state index contributed by atoms with van der Waals surface area (Å²) in [6.45, 7) is 10.8. The molecule has 1 heterocycles. The van der Waals surface area contributed by atoms with E-state index < -0.39 is 29.2 Å². The van der Waals surface area contributed by atoms with Gasteiger partial charge >= 0.3 is 11.9 Å². The highest BCUT2D eigenvalue weighted by molar-refractivity contribution is 5.94. The Labute approximate surface area is 143 Å². The number of carbonyl (C=O) groups excluding carboxylic acids is 3. The van der Waals surface area contributed by atoms with Crippen LogP contribution in [0.3, 0.4) is 0 Å². The molecule has 2 atom stereocenters. The van der Waals surface area contributed by atoms with Crippen LogP contribution in [-0.4, -0.2) is 36.7 Å². The quantitative estimate of drug-likeness (QED) is 0.565. The molecule has 0 fully saturated rings. The van der Waals surface area contributed by atoms with Gasteiger partial charge in [-0.2, -0.15) is 0 Å². The predicted molar refractivity (Wildman–Crippen MR) is 88.0 cm³/mol. The molecule has 0 amide bonds. The Hall–Kier alpha value is -1.69. The van der Waals surface area contributed by atoms with Gasteiger partial charge in [-0.25, -0.2) is 0 Å². The molecule has 24 heavy (non-hydrogen) atoms. The number of hydrogen-bond donors (Lipinski definition) is 0. The summed E-state index contributed by atoms with van der Waals surface area (Å²) in [5, 5.41) is 0. The first-order valence-corrected chi connectivity index (χ1v) is 8.17. The fourth-order valence-corrected chi connectivity index (χ4v) is 1.76. The zero-order chi connectivity index (χ0) is 18.5. The SMILES string of the molecule is CC(C)(C)C(=O)OCCC[C@@H]1O[C@@H](OC(=O)C(C)(C)C)C=CC1=O. The first-order valence-electron chi connectivity index (χ1n) is 8.17. The smallest absolute Gasteiger partial charge is 0.313 e. The minimum atomic E-state index is -0.864. The van der Waals surface area contributed by atoms with Crippen molar-refractivity contribution in [2.24, 2.45) is 10.8 Å². The van der Waals surface area contributed by atoms with Crippen LogP contribution in [0, 0.1) is 10.8 Å². The zero-order valence-corrected chi connectivity index (χ0v) is 15.4. The Balaban J connectivity index is 2.44. The van der Waals surface area contributed by atoms with Gasteiger partial charge in [-0.3, -0.25) is 14.4 Å². The molecule has 0 spiro atoms. The minimum Gasteiger partial charge on any atom is -0.465 e. The van der Waals surface area contributed by atoms with E-state index in [4.69, 9.17) is 14.2 Å². The van der Waals surface area contributed by atoms with Gasteiger partial charge in [0.05, 0.1) is 17.4 Å². The Bertz CT molecular complexity index is 507. The first kappa shape index (κ1) is 20.4. The normalized spacial score (nSPS) is 21.5. The number of ketones is 1. The molecule has 1 aliphatic rings. The fraction of sp³-hybridized carbons (Fsp3) is 0.722. The van der Waals surface area contributed by atoms with E-state index in [0.29, 0.717) is 12.8 Å². The molecular formula is C18H28O6. The molecule has 0 N–H and O–H groups in total. The molecular weight excluding hydrogens is 312 g/mol. The highest BCUT2D eigenvalue weighted by atomic mass is 16.7. The average Bonchev–Trinajstić information content (AvgIpc) is 2.44. The van der Waals surface area contributed by atoms with Crippen molar-refractivity contribution in [3.8, 4) is 0 Å². The van der Waals surface area contributed by atoms with Crippen LogP contribution in [0.5, 0.6) is 0 Å². The molecule has 136 valence electrons. The molecule has 0 aliphatic carbocycles. The largest absolute Gasteiger partial charge is 0.465 e. The summed E-state index contributed by atoms with van der Waals surface area (Å²) < 4.78 is 15.9. The van der Waals surface area contributed by atoms with Crippen molar-refractivity contribution in [1.29, 1.82) is 0 Å². The third-order valence-electron chi connectivity index (χ3n) is 3.33. The van der Waals surface area contributed by atoms with E-state index in [9.17, 15) is 14.4 Å². The maximum Gasteiger partial charge on any atom is 0.313 e. The number of carbonyl (C=O) groups is 3. The number of hydrogen-bond acceptors (Lipinski definition) is 6. The molecule has 0 saturated heterocycles. The van der Waals surface area contributed by atoms with Crippen LogP contribution in [0.4, 0.5) is 0 Å². The van der Waals surface area contributed by atoms with Gasteiger partial charge in [0.25, 0.3) is 0 Å². The summed E-state index contributed by atoms with van der Waals surface area (Å²) in [7, 11) is 0. The maximum atomic E-state index is 11.9. The Kier molecular flexibility index (Phi) is 6.72. The van der Waals surface area contributed by atoms with Gasteiger partial charge < -0.3 is 14.2 Å². The molecule has 0 radical (unpaired) electrons. The van der Waals surface area contributed by atoms with Crippen LogP contribution < -0.4 is 0 Å². The summed E-state index contributed by atoms with van der Waals surface area (Å²) >= 11 is 0. The van der Waals surface area contributed by atoms with E-state index in [1.807, 2.05) is 0 Å². The molecule has 0 aromatic carbocycles. The molecule has 0 aromatic rings.